The number of piperidine rings is 1. The van der Waals surface area contributed by atoms with Crippen LogP contribution in [-0.2, 0) is 4.79 Å². The van der Waals surface area contributed by atoms with E-state index >= 15 is 0 Å². The number of nitrogens with zero attached hydrogens (tertiary/aromatic N) is 1. The quantitative estimate of drug-likeness (QED) is 0.746. The van der Waals surface area contributed by atoms with Crippen LogP contribution in [0, 0.1) is 0 Å². The summed E-state index contributed by atoms with van der Waals surface area (Å²) in [6.45, 7) is 3.38. The van der Waals surface area contributed by atoms with E-state index in [2.05, 4.69) is 27.9 Å². The van der Waals surface area contributed by atoms with Gasteiger partial charge < -0.3 is 16.0 Å². The number of carbonyl (C=O) groups excluding carboxylic acids is 2. The molecule has 0 spiro atoms. The molecular weight excluding hydrogens is 256 g/mol. The lowest BCUT2D eigenvalue weighted by atomic mass is 10.1. The monoisotopic (exact) mass is 276 g/mol. The smallest absolute Gasteiger partial charge is 0.270 e. The Bertz CT molecular complexity index is 480. The number of amides is 2. The maximum atomic E-state index is 12.1. The molecule has 1 unspecified atom stereocenters. The molecule has 6 nitrogen and oxygen atoms in total. The molecule has 0 aromatic carbocycles. The van der Waals surface area contributed by atoms with Gasteiger partial charge in [0, 0.05) is 25.6 Å². The fraction of sp³-hybridized carbons (Fsp3) is 0.500. The summed E-state index contributed by atoms with van der Waals surface area (Å²) in [4.78, 5) is 27.5. The summed E-state index contributed by atoms with van der Waals surface area (Å²) >= 11 is 0. The third-order valence-corrected chi connectivity index (χ3v) is 3.14. The van der Waals surface area contributed by atoms with Crippen LogP contribution >= 0.6 is 0 Å². The fourth-order valence-corrected chi connectivity index (χ4v) is 2.03. The molecule has 0 aliphatic carbocycles. The van der Waals surface area contributed by atoms with Gasteiger partial charge >= 0.3 is 0 Å². The van der Waals surface area contributed by atoms with Crippen LogP contribution in [0.15, 0.2) is 18.2 Å². The molecule has 2 heterocycles. The minimum absolute atomic E-state index is 0.0192. The molecule has 1 aliphatic rings. The second kappa shape index (κ2) is 6.88. The largest absolute Gasteiger partial charge is 0.370 e. The van der Waals surface area contributed by atoms with Gasteiger partial charge in [-0.2, -0.15) is 0 Å². The molecule has 1 aliphatic heterocycles. The first-order valence-electron chi connectivity index (χ1n) is 6.97. The van der Waals surface area contributed by atoms with E-state index in [9.17, 15) is 9.59 Å². The van der Waals surface area contributed by atoms with Crippen LogP contribution in [0.2, 0.25) is 0 Å². The van der Waals surface area contributed by atoms with Gasteiger partial charge in [-0.1, -0.05) is 13.0 Å². The summed E-state index contributed by atoms with van der Waals surface area (Å²) in [5, 5.41) is 8.79. The molecule has 3 N–H and O–H groups in total. The first kappa shape index (κ1) is 14.3. The van der Waals surface area contributed by atoms with E-state index in [1.54, 1.807) is 6.07 Å². The van der Waals surface area contributed by atoms with Gasteiger partial charge in [-0.05, 0) is 25.0 Å². The van der Waals surface area contributed by atoms with Gasteiger partial charge in [-0.15, -0.1) is 0 Å². The van der Waals surface area contributed by atoms with Crippen molar-refractivity contribution >= 4 is 17.6 Å². The Morgan fingerprint density at radius 1 is 1.50 bits per heavy atom. The number of aromatic nitrogens is 1. The minimum Gasteiger partial charge on any atom is -0.370 e. The Kier molecular flexibility index (Phi) is 4.92. The van der Waals surface area contributed by atoms with Gasteiger partial charge in [-0.25, -0.2) is 4.98 Å². The zero-order chi connectivity index (χ0) is 14.4. The summed E-state index contributed by atoms with van der Waals surface area (Å²) < 4.78 is 0. The van der Waals surface area contributed by atoms with Crippen molar-refractivity contribution in [1.29, 1.82) is 0 Å². The number of hydrogen-bond acceptors (Lipinski definition) is 4. The molecule has 1 aromatic rings. The topological polar surface area (TPSA) is 83.1 Å². The number of hydrogen-bond donors (Lipinski definition) is 3. The van der Waals surface area contributed by atoms with Gasteiger partial charge in [0.25, 0.3) is 5.91 Å². The first-order valence-corrected chi connectivity index (χ1v) is 6.97. The van der Waals surface area contributed by atoms with Gasteiger partial charge in [0.2, 0.25) is 5.91 Å². The second-order valence-electron chi connectivity index (χ2n) is 4.85. The third-order valence-electron chi connectivity index (χ3n) is 3.14. The highest BCUT2D eigenvalue weighted by Gasteiger charge is 2.20. The Hall–Kier alpha value is -2.11. The van der Waals surface area contributed by atoms with Crippen LogP contribution in [0.5, 0.6) is 0 Å². The highest BCUT2D eigenvalue weighted by Crippen LogP contribution is 2.07. The van der Waals surface area contributed by atoms with Crippen LogP contribution in [0.1, 0.15) is 36.7 Å². The minimum atomic E-state index is -0.203. The van der Waals surface area contributed by atoms with E-state index in [1.165, 1.54) is 0 Å². The third kappa shape index (κ3) is 3.94. The van der Waals surface area contributed by atoms with Crippen molar-refractivity contribution in [3.05, 3.63) is 23.9 Å². The van der Waals surface area contributed by atoms with Crippen molar-refractivity contribution in [2.75, 3.05) is 18.4 Å². The lowest BCUT2D eigenvalue weighted by Gasteiger charge is -2.23. The molecule has 6 heteroatoms. The van der Waals surface area contributed by atoms with Gasteiger partial charge in [0.1, 0.15) is 11.5 Å². The van der Waals surface area contributed by atoms with E-state index in [-0.39, 0.29) is 17.9 Å². The number of rotatable bonds is 5. The fourth-order valence-electron chi connectivity index (χ4n) is 2.03. The Morgan fingerprint density at radius 3 is 3.05 bits per heavy atom. The molecule has 1 fully saturated rings. The van der Waals surface area contributed by atoms with Crippen LogP contribution in [0.3, 0.4) is 0 Å². The average molecular weight is 276 g/mol. The Labute approximate surface area is 118 Å². The maximum Gasteiger partial charge on any atom is 0.270 e. The molecule has 0 radical (unpaired) electrons. The lowest BCUT2D eigenvalue weighted by Crippen LogP contribution is -2.47. The van der Waals surface area contributed by atoms with E-state index in [4.69, 9.17) is 0 Å². The van der Waals surface area contributed by atoms with E-state index < -0.39 is 0 Å². The molecule has 20 heavy (non-hydrogen) atoms. The second-order valence-corrected chi connectivity index (χ2v) is 4.85. The highest BCUT2D eigenvalue weighted by molar-refractivity contribution is 5.93. The zero-order valence-corrected chi connectivity index (χ0v) is 11.6. The van der Waals surface area contributed by atoms with E-state index in [1.807, 2.05) is 12.1 Å². The maximum absolute atomic E-state index is 12.1. The molecule has 108 valence electrons. The number of pyridine rings is 1. The Morgan fingerprint density at radius 2 is 2.35 bits per heavy atom. The van der Waals surface area contributed by atoms with Crippen LogP contribution in [0.25, 0.3) is 0 Å². The standard InChI is InChI=1S/C14H20N4O2/c1-2-8-15-12-5-3-4-11(18-12)14(20)17-10-6-7-13(19)16-9-10/h3-5,10H,2,6-9H2,1H3,(H,15,18)(H,16,19)(H,17,20). The molecule has 0 bridgehead atoms. The predicted octanol–water partition coefficient (Wildman–Crippen LogP) is 0.912. The van der Waals surface area contributed by atoms with Gasteiger partial charge in [0.05, 0.1) is 0 Å². The van der Waals surface area contributed by atoms with Gasteiger partial charge in [-0.3, -0.25) is 9.59 Å². The van der Waals surface area contributed by atoms with Crippen molar-refractivity contribution in [1.82, 2.24) is 15.6 Å². The normalized spacial score (nSPS) is 18.2. The zero-order valence-electron chi connectivity index (χ0n) is 11.6. The molecule has 1 aromatic heterocycles. The lowest BCUT2D eigenvalue weighted by molar-refractivity contribution is -0.122. The SMILES string of the molecule is CCCNc1cccc(C(=O)NC2CCC(=O)NC2)n1. The first-order chi connectivity index (χ1) is 9.69. The molecule has 2 rings (SSSR count). The van der Waals surface area contributed by atoms with Crippen molar-refractivity contribution in [3.8, 4) is 0 Å². The summed E-state index contributed by atoms with van der Waals surface area (Å²) in [5.74, 6) is 0.544. The molecular formula is C14H20N4O2. The Balaban J connectivity index is 1.93. The molecule has 2 amide bonds. The summed E-state index contributed by atoms with van der Waals surface area (Å²) in [6.07, 6.45) is 2.13. The van der Waals surface area contributed by atoms with Crippen molar-refractivity contribution < 1.29 is 9.59 Å². The van der Waals surface area contributed by atoms with Crippen LogP contribution < -0.4 is 16.0 Å². The number of anilines is 1. The average Bonchev–Trinajstić information content (AvgIpc) is 2.48. The predicted molar refractivity (Wildman–Crippen MR) is 76.5 cm³/mol. The number of carbonyl (C=O) groups is 2. The van der Waals surface area contributed by atoms with Gasteiger partial charge in [0.15, 0.2) is 0 Å². The highest BCUT2D eigenvalue weighted by atomic mass is 16.2. The van der Waals surface area contributed by atoms with Crippen molar-refractivity contribution in [3.63, 3.8) is 0 Å². The summed E-state index contributed by atoms with van der Waals surface area (Å²) in [6, 6.07) is 5.32. The van der Waals surface area contributed by atoms with E-state index in [0.717, 1.165) is 13.0 Å². The van der Waals surface area contributed by atoms with E-state index in [0.29, 0.717) is 30.9 Å². The molecule has 1 saturated heterocycles. The molecule has 0 saturated carbocycles. The van der Waals surface area contributed by atoms with Crippen molar-refractivity contribution in [2.24, 2.45) is 0 Å². The van der Waals surface area contributed by atoms with Crippen LogP contribution in [0.4, 0.5) is 5.82 Å². The summed E-state index contributed by atoms with van der Waals surface area (Å²) in [5.41, 5.74) is 0.392. The van der Waals surface area contributed by atoms with Crippen LogP contribution in [-0.4, -0.2) is 35.9 Å². The molecule has 1 atom stereocenters. The van der Waals surface area contributed by atoms with Crippen molar-refractivity contribution in [2.45, 2.75) is 32.2 Å². The summed E-state index contributed by atoms with van der Waals surface area (Å²) in [7, 11) is 0. The number of nitrogens with one attached hydrogen (secondary N) is 3.